The van der Waals surface area contributed by atoms with Crippen LogP contribution in [-0.4, -0.2) is 22.5 Å². The van der Waals surface area contributed by atoms with Gasteiger partial charge in [0.25, 0.3) is 5.91 Å². The van der Waals surface area contributed by atoms with Crippen LogP contribution < -0.4 is 11.1 Å². The second-order valence-electron chi connectivity index (χ2n) is 5.01. The number of oxime groups is 1. The predicted octanol–water partition coefficient (Wildman–Crippen LogP) is 1.84. The Bertz CT molecular complexity index is 502. The third kappa shape index (κ3) is 2.70. The maximum Gasteiger partial charge on any atom is 0.251 e. The largest absolute Gasteiger partial charge is 0.409 e. The molecular weight excluding hydrogens is 242 g/mol. The lowest BCUT2D eigenvalue weighted by Crippen LogP contribution is -2.53. The van der Waals surface area contributed by atoms with Gasteiger partial charge in [0, 0.05) is 16.7 Å². The molecule has 19 heavy (non-hydrogen) atoms. The first-order valence-corrected chi connectivity index (χ1v) is 6.51. The molecular formula is C14H19N3O2. The summed E-state index contributed by atoms with van der Waals surface area (Å²) in [6, 6.07) is 6.78. The van der Waals surface area contributed by atoms with E-state index in [1.165, 1.54) is 0 Å². The van der Waals surface area contributed by atoms with Crippen molar-refractivity contribution in [3.8, 4) is 0 Å². The van der Waals surface area contributed by atoms with Crippen LogP contribution in [-0.2, 0) is 0 Å². The summed E-state index contributed by atoms with van der Waals surface area (Å²) in [4.78, 5) is 12.2. The fraction of sp³-hybridized carbons (Fsp3) is 0.429. The van der Waals surface area contributed by atoms with E-state index in [-0.39, 0.29) is 17.3 Å². The number of carbonyl (C=O) groups is 1. The van der Waals surface area contributed by atoms with Crippen LogP contribution in [0.4, 0.5) is 0 Å². The van der Waals surface area contributed by atoms with Crippen molar-refractivity contribution in [3.05, 3.63) is 35.4 Å². The number of hydrogen-bond donors (Lipinski definition) is 3. The summed E-state index contributed by atoms with van der Waals surface area (Å²) in [5, 5.41) is 14.7. The topological polar surface area (TPSA) is 87.7 Å². The summed E-state index contributed by atoms with van der Waals surface area (Å²) >= 11 is 0. The molecule has 2 rings (SSSR count). The van der Waals surface area contributed by atoms with Crippen molar-refractivity contribution < 1.29 is 10.0 Å². The summed E-state index contributed by atoms with van der Waals surface area (Å²) in [5.41, 5.74) is 6.55. The molecule has 0 spiro atoms. The van der Waals surface area contributed by atoms with Crippen molar-refractivity contribution in [1.29, 1.82) is 0 Å². The van der Waals surface area contributed by atoms with Gasteiger partial charge in [-0.15, -0.1) is 0 Å². The van der Waals surface area contributed by atoms with Crippen LogP contribution in [0.15, 0.2) is 29.4 Å². The van der Waals surface area contributed by atoms with Gasteiger partial charge >= 0.3 is 0 Å². The zero-order valence-electron chi connectivity index (χ0n) is 11.0. The number of nitrogens with zero attached hydrogens (tertiary/aromatic N) is 1. The molecule has 1 aliphatic rings. The highest BCUT2D eigenvalue weighted by molar-refractivity contribution is 6.01. The van der Waals surface area contributed by atoms with Crippen LogP contribution in [0.25, 0.3) is 0 Å². The number of rotatable bonds is 4. The van der Waals surface area contributed by atoms with E-state index in [4.69, 9.17) is 10.9 Å². The lowest BCUT2D eigenvalue weighted by atomic mass is 9.74. The molecule has 0 bridgehead atoms. The Kier molecular flexibility index (Phi) is 3.74. The van der Waals surface area contributed by atoms with Gasteiger partial charge < -0.3 is 16.3 Å². The minimum atomic E-state index is -0.103. The molecule has 5 nitrogen and oxygen atoms in total. The van der Waals surface area contributed by atoms with Gasteiger partial charge in [-0.05, 0) is 37.8 Å². The minimum Gasteiger partial charge on any atom is -0.409 e. The van der Waals surface area contributed by atoms with Gasteiger partial charge in [0.05, 0.1) is 0 Å². The van der Waals surface area contributed by atoms with E-state index in [0.717, 1.165) is 25.7 Å². The lowest BCUT2D eigenvalue weighted by molar-refractivity contribution is 0.0820. The first kappa shape index (κ1) is 13.4. The van der Waals surface area contributed by atoms with Crippen molar-refractivity contribution in [3.63, 3.8) is 0 Å². The summed E-state index contributed by atoms with van der Waals surface area (Å²) in [5.74, 6) is -0.0994. The monoisotopic (exact) mass is 261 g/mol. The number of nitrogens with one attached hydrogen (secondary N) is 1. The molecule has 0 atom stereocenters. The normalized spacial score (nSPS) is 17.6. The molecule has 4 N–H and O–H groups in total. The maximum atomic E-state index is 12.2. The summed E-state index contributed by atoms with van der Waals surface area (Å²) in [6.07, 6.45) is 4.18. The second-order valence-corrected chi connectivity index (χ2v) is 5.01. The highest BCUT2D eigenvalue weighted by Crippen LogP contribution is 2.34. The molecule has 102 valence electrons. The maximum absolute atomic E-state index is 12.2. The number of hydrogen-bond acceptors (Lipinski definition) is 3. The number of nitrogens with two attached hydrogens (primary N) is 1. The molecule has 0 radical (unpaired) electrons. The molecule has 1 aromatic carbocycles. The Hall–Kier alpha value is -2.04. The molecule has 1 fully saturated rings. The van der Waals surface area contributed by atoms with Crippen LogP contribution in [0.3, 0.4) is 0 Å². The standard InChI is InChI=1S/C14H19N3O2/c1-2-14(7-4-8-14)16-13(18)11-6-3-5-10(9-11)12(15)17-19/h3,5-6,9,19H,2,4,7-8H2,1H3,(H2,15,17)(H,16,18). The van der Waals surface area contributed by atoms with E-state index in [1.54, 1.807) is 24.3 Å². The Morgan fingerprint density at radius 2 is 2.16 bits per heavy atom. The summed E-state index contributed by atoms with van der Waals surface area (Å²) in [7, 11) is 0. The molecule has 1 saturated carbocycles. The Morgan fingerprint density at radius 1 is 1.47 bits per heavy atom. The zero-order valence-corrected chi connectivity index (χ0v) is 11.0. The lowest BCUT2D eigenvalue weighted by Gasteiger charge is -2.42. The number of benzene rings is 1. The van der Waals surface area contributed by atoms with Crippen LogP contribution in [0.2, 0.25) is 0 Å². The number of carbonyl (C=O) groups excluding carboxylic acids is 1. The Balaban J connectivity index is 2.15. The van der Waals surface area contributed by atoms with Gasteiger partial charge in [-0.1, -0.05) is 24.2 Å². The first-order valence-electron chi connectivity index (χ1n) is 6.51. The Labute approximate surface area is 112 Å². The predicted molar refractivity (Wildman–Crippen MR) is 73.3 cm³/mol. The van der Waals surface area contributed by atoms with Crippen molar-refractivity contribution in [2.45, 2.75) is 38.1 Å². The highest BCUT2D eigenvalue weighted by atomic mass is 16.4. The Morgan fingerprint density at radius 3 is 2.68 bits per heavy atom. The van der Waals surface area contributed by atoms with Crippen molar-refractivity contribution in [2.75, 3.05) is 0 Å². The smallest absolute Gasteiger partial charge is 0.251 e. The van der Waals surface area contributed by atoms with E-state index in [2.05, 4.69) is 17.4 Å². The number of amides is 1. The van der Waals surface area contributed by atoms with Crippen molar-refractivity contribution in [1.82, 2.24) is 5.32 Å². The number of amidine groups is 1. The quantitative estimate of drug-likeness (QED) is 0.334. The third-order valence-corrected chi connectivity index (χ3v) is 3.89. The highest BCUT2D eigenvalue weighted by Gasteiger charge is 2.36. The minimum absolute atomic E-state index is 0.00324. The average molecular weight is 261 g/mol. The molecule has 0 aromatic heterocycles. The van der Waals surface area contributed by atoms with Crippen LogP contribution in [0.1, 0.15) is 48.5 Å². The van der Waals surface area contributed by atoms with Gasteiger partial charge in [0.1, 0.15) is 0 Å². The SMILES string of the molecule is CCC1(NC(=O)c2cccc(/C(N)=N/O)c2)CCC1. The van der Waals surface area contributed by atoms with E-state index in [9.17, 15) is 4.79 Å². The molecule has 1 aliphatic carbocycles. The fourth-order valence-electron chi connectivity index (χ4n) is 2.36. The van der Waals surface area contributed by atoms with Crippen LogP contribution in [0, 0.1) is 0 Å². The molecule has 1 amide bonds. The van der Waals surface area contributed by atoms with Gasteiger partial charge in [-0.2, -0.15) is 0 Å². The van der Waals surface area contributed by atoms with E-state index in [0.29, 0.717) is 11.1 Å². The first-order chi connectivity index (χ1) is 9.10. The molecule has 1 aromatic rings. The molecule has 5 heteroatoms. The van der Waals surface area contributed by atoms with Crippen LogP contribution in [0.5, 0.6) is 0 Å². The van der Waals surface area contributed by atoms with Crippen LogP contribution >= 0.6 is 0 Å². The van der Waals surface area contributed by atoms with Gasteiger partial charge in [-0.3, -0.25) is 4.79 Å². The summed E-state index contributed by atoms with van der Waals surface area (Å²) < 4.78 is 0. The van der Waals surface area contributed by atoms with Crippen molar-refractivity contribution in [2.24, 2.45) is 10.9 Å². The summed E-state index contributed by atoms with van der Waals surface area (Å²) in [6.45, 7) is 2.09. The fourth-order valence-corrected chi connectivity index (χ4v) is 2.36. The van der Waals surface area contributed by atoms with Crippen molar-refractivity contribution >= 4 is 11.7 Å². The zero-order chi connectivity index (χ0) is 13.9. The van der Waals surface area contributed by atoms with E-state index < -0.39 is 0 Å². The third-order valence-electron chi connectivity index (χ3n) is 3.89. The molecule has 0 aliphatic heterocycles. The van der Waals surface area contributed by atoms with Gasteiger partial charge in [0.2, 0.25) is 0 Å². The second kappa shape index (κ2) is 5.30. The van der Waals surface area contributed by atoms with E-state index >= 15 is 0 Å². The average Bonchev–Trinajstić information content (AvgIpc) is 2.41. The molecule has 0 saturated heterocycles. The van der Waals surface area contributed by atoms with E-state index in [1.807, 2.05) is 0 Å². The molecule has 0 heterocycles. The molecule has 0 unspecified atom stereocenters. The van der Waals surface area contributed by atoms with Gasteiger partial charge in [0.15, 0.2) is 5.84 Å². The van der Waals surface area contributed by atoms with Gasteiger partial charge in [-0.25, -0.2) is 0 Å².